The zero-order chi connectivity index (χ0) is 15.7. The van der Waals surface area contributed by atoms with E-state index in [0.29, 0.717) is 15.6 Å². The van der Waals surface area contributed by atoms with Gasteiger partial charge >= 0.3 is 0 Å². The van der Waals surface area contributed by atoms with E-state index in [0.717, 1.165) is 11.6 Å². The first kappa shape index (κ1) is 14.5. The molecule has 3 aromatic rings. The molecular weight excluding hydrogens is 306 g/mol. The van der Waals surface area contributed by atoms with Crippen molar-refractivity contribution in [3.05, 3.63) is 59.2 Å². The van der Waals surface area contributed by atoms with E-state index < -0.39 is 11.6 Å². The van der Waals surface area contributed by atoms with Crippen LogP contribution >= 0.6 is 11.3 Å². The molecule has 1 aromatic carbocycles. The second-order valence-electron chi connectivity index (χ2n) is 4.65. The summed E-state index contributed by atoms with van der Waals surface area (Å²) in [4.78, 5) is 20.5. The normalized spacial score (nSPS) is 10.7. The lowest BCUT2D eigenvalue weighted by atomic mass is 10.1. The molecule has 3 nitrogen and oxygen atoms in total. The number of rotatable bonds is 3. The summed E-state index contributed by atoms with van der Waals surface area (Å²) in [5.41, 5.74) is 1.34. The number of halogens is 2. The van der Waals surface area contributed by atoms with Gasteiger partial charge in [0.25, 0.3) is 0 Å². The molecule has 0 aliphatic heterocycles. The van der Waals surface area contributed by atoms with Crippen molar-refractivity contribution in [2.24, 2.45) is 0 Å². The van der Waals surface area contributed by atoms with Crippen molar-refractivity contribution in [1.82, 2.24) is 9.97 Å². The van der Waals surface area contributed by atoms with E-state index in [9.17, 15) is 13.6 Å². The molecule has 0 saturated heterocycles. The smallest absolute Gasteiger partial charge is 0.172 e. The molecule has 0 atom stereocenters. The van der Waals surface area contributed by atoms with Crippen LogP contribution in [0.2, 0.25) is 0 Å². The summed E-state index contributed by atoms with van der Waals surface area (Å²) in [7, 11) is 0. The molecule has 0 spiro atoms. The average Bonchev–Trinajstić information content (AvgIpc) is 2.92. The van der Waals surface area contributed by atoms with E-state index in [4.69, 9.17) is 0 Å². The highest BCUT2D eigenvalue weighted by Gasteiger charge is 2.18. The number of nitrogens with zero attached hydrogens (tertiary/aromatic N) is 2. The fourth-order valence-corrected chi connectivity index (χ4v) is 3.05. The van der Waals surface area contributed by atoms with Crippen LogP contribution in [0.15, 0.2) is 42.7 Å². The highest BCUT2D eigenvalue weighted by molar-refractivity contribution is 7.17. The molecule has 0 saturated carbocycles. The molecule has 0 amide bonds. The lowest BCUT2D eigenvalue weighted by Crippen LogP contribution is -1.93. The van der Waals surface area contributed by atoms with Crippen molar-refractivity contribution < 1.29 is 13.6 Å². The van der Waals surface area contributed by atoms with Crippen LogP contribution in [0.3, 0.4) is 0 Å². The molecule has 2 heterocycles. The second-order valence-corrected chi connectivity index (χ2v) is 5.65. The Balaban J connectivity index is 2.18. The molecule has 22 heavy (non-hydrogen) atoms. The molecule has 0 fully saturated rings. The van der Waals surface area contributed by atoms with Crippen LogP contribution in [0.5, 0.6) is 0 Å². The molecule has 0 radical (unpaired) electrons. The van der Waals surface area contributed by atoms with E-state index in [1.54, 1.807) is 24.5 Å². The fraction of sp³-hybridized carbons (Fsp3) is 0.0625. The van der Waals surface area contributed by atoms with Crippen LogP contribution in [0.4, 0.5) is 8.78 Å². The zero-order valence-electron chi connectivity index (χ0n) is 11.5. The molecule has 0 aliphatic rings. The summed E-state index contributed by atoms with van der Waals surface area (Å²) in [6, 6.07) is 6.65. The monoisotopic (exact) mass is 316 g/mol. The van der Waals surface area contributed by atoms with Gasteiger partial charge in [0.15, 0.2) is 5.78 Å². The van der Waals surface area contributed by atoms with Crippen molar-refractivity contribution in [2.45, 2.75) is 6.92 Å². The Morgan fingerprint density at radius 1 is 1.05 bits per heavy atom. The minimum atomic E-state index is -0.706. The van der Waals surface area contributed by atoms with E-state index >= 15 is 0 Å². The first-order valence-electron chi connectivity index (χ1n) is 6.43. The molecule has 0 unspecified atom stereocenters. The Morgan fingerprint density at radius 3 is 2.27 bits per heavy atom. The van der Waals surface area contributed by atoms with Gasteiger partial charge in [-0.25, -0.2) is 13.8 Å². The number of hydrogen-bond donors (Lipinski definition) is 0. The highest BCUT2D eigenvalue weighted by Crippen LogP contribution is 2.34. The Hall–Kier alpha value is -2.47. The van der Waals surface area contributed by atoms with Gasteiger partial charge in [0.05, 0.1) is 10.6 Å². The summed E-state index contributed by atoms with van der Waals surface area (Å²) in [5.74, 6) is -1.61. The number of carbonyl (C=O) groups excluding carboxylic acids is 1. The van der Waals surface area contributed by atoms with Crippen molar-refractivity contribution in [1.29, 1.82) is 0 Å². The third-order valence-corrected chi connectivity index (χ3v) is 4.22. The fourth-order valence-electron chi connectivity index (χ4n) is 2.06. The lowest BCUT2D eigenvalue weighted by molar-refractivity contribution is 0.102. The number of aromatic nitrogens is 2. The van der Waals surface area contributed by atoms with E-state index in [1.807, 2.05) is 0 Å². The van der Waals surface area contributed by atoms with E-state index in [2.05, 4.69) is 9.97 Å². The van der Waals surface area contributed by atoms with Gasteiger partial charge in [0.2, 0.25) is 0 Å². The Morgan fingerprint density at radius 2 is 1.68 bits per heavy atom. The topological polar surface area (TPSA) is 42.9 Å². The predicted molar refractivity (Wildman–Crippen MR) is 80.7 cm³/mol. The third-order valence-electron chi connectivity index (χ3n) is 3.01. The van der Waals surface area contributed by atoms with Gasteiger partial charge < -0.3 is 0 Å². The Labute approximate surface area is 129 Å². The molecule has 0 aliphatic carbocycles. The summed E-state index contributed by atoms with van der Waals surface area (Å²) in [5, 5.41) is 0.604. The summed E-state index contributed by atoms with van der Waals surface area (Å²) in [6.07, 6.45) is 3.23. The predicted octanol–water partition coefficient (Wildman–Crippen LogP) is 4.35. The third kappa shape index (κ3) is 2.78. The largest absolute Gasteiger partial charge is 0.294 e. The molecule has 0 bridgehead atoms. The van der Waals surface area contributed by atoms with Crippen LogP contribution in [0, 0.1) is 11.6 Å². The second kappa shape index (κ2) is 5.73. The minimum Gasteiger partial charge on any atom is -0.294 e. The van der Waals surface area contributed by atoms with Crippen molar-refractivity contribution >= 4 is 17.1 Å². The Kier molecular flexibility index (Phi) is 3.77. The van der Waals surface area contributed by atoms with Crippen LogP contribution in [-0.2, 0) is 0 Å². The molecule has 6 heteroatoms. The van der Waals surface area contributed by atoms with Crippen LogP contribution in [0.1, 0.15) is 16.6 Å². The maximum atomic E-state index is 13.4. The van der Waals surface area contributed by atoms with Crippen LogP contribution in [-0.4, -0.2) is 15.8 Å². The van der Waals surface area contributed by atoms with Gasteiger partial charge in [-0.3, -0.25) is 9.78 Å². The molecule has 110 valence electrons. The molecule has 2 aromatic heterocycles. The number of ketones is 1. The van der Waals surface area contributed by atoms with Gasteiger partial charge in [-0.1, -0.05) is 0 Å². The standard InChI is InChI=1S/C16H10F2N2OS/c1-9(21)15-14(11-6-12(17)8-13(18)7-11)20-16(22-15)10-2-4-19-5-3-10/h2-8H,1H3. The lowest BCUT2D eigenvalue weighted by Gasteiger charge is -2.00. The van der Waals surface area contributed by atoms with Crippen molar-refractivity contribution in [2.75, 3.05) is 0 Å². The highest BCUT2D eigenvalue weighted by atomic mass is 32.1. The van der Waals surface area contributed by atoms with Crippen molar-refractivity contribution in [3.8, 4) is 21.8 Å². The van der Waals surface area contributed by atoms with Gasteiger partial charge in [-0.2, -0.15) is 0 Å². The number of pyridine rings is 1. The number of benzene rings is 1. The zero-order valence-corrected chi connectivity index (χ0v) is 12.3. The van der Waals surface area contributed by atoms with E-state index in [-0.39, 0.29) is 11.3 Å². The quantitative estimate of drug-likeness (QED) is 0.675. The number of carbonyl (C=O) groups is 1. The van der Waals surface area contributed by atoms with Crippen molar-refractivity contribution in [3.63, 3.8) is 0 Å². The number of hydrogen-bond acceptors (Lipinski definition) is 4. The van der Waals surface area contributed by atoms with Gasteiger partial charge in [-0.05, 0) is 24.3 Å². The molecule has 3 rings (SSSR count). The molecular formula is C16H10F2N2OS. The van der Waals surface area contributed by atoms with Crippen LogP contribution in [0.25, 0.3) is 21.8 Å². The number of thiazole rings is 1. The summed E-state index contributed by atoms with van der Waals surface area (Å²) >= 11 is 1.19. The van der Waals surface area contributed by atoms with Gasteiger partial charge in [0.1, 0.15) is 16.6 Å². The summed E-state index contributed by atoms with van der Waals surface area (Å²) in [6.45, 7) is 1.41. The van der Waals surface area contributed by atoms with Crippen LogP contribution < -0.4 is 0 Å². The minimum absolute atomic E-state index is 0.197. The maximum absolute atomic E-state index is 13.4. The van der Waals surface area contributed by atoms with Gasteiger partial charge in [-0.15, -0.1) is 11.3 Å². The molecule has 0 N–H and O–H groups in total. The maximum Gasteiger partial charge on any atom is 0.172 e. The average molecular weight is 316 g/mol. The first-order valence-corrected chi connectivity index (χ1v) is 7.25. The first-order chi connectivity index (χ1) is 10.5. The Bertz CT molecular complexity index is 826. The SMILES string of the molecule is CC(=O)c1sc(-c2ccncc2)nc1-c1cc(F)cc(F)c1. The van der Waals surface area contributed by atoms with Gasteiger partial charge in [0, 0.05) is 36.5 Å². The summed E-state index contributed by atoms with van der Waals surface area (Å²) < 4.78 is 26.8. The number of Topliss-reactive ketones (excluding diaryl/α,β-unsaturated/α-hetero) is 1. The van der Waals surface area contributed by atoms with E-state index in [1.165, 1.54) is 30.4 Å².